The summed E-state index contributed by atoms with van der Waals surface area (Å²) >= 11 is 0. The van der Waals surface area contributed by atoms with Crippen LogP contribution in [0.25, 0.3) is 44.2 Å². The van der Waals surface area contributed by atoms with Crippen molar-refractivity contribution in [3.63, 3.8) is 0 Å². The van der Waals surface area contributed by atoms with E-state index in [1.54, 1.807) is 0 Å². The number of hydrogen-bond donors (Lipinski definition) is 0. The predicted molar refractivity (Wildman–Crippen MR) is 239 cm³/mol. The highest BCUT2D eigenvalue weighted by Gasteiger charge is 2.52. The van der Waals surface area contributed by atoms with E-state index >= 15 is 0 Å². The zero-order valence-corrected chi connectivity index (χ0v) is 31.6. The highest BCUT2D eigenvalue weighted by Crippen LogP contribution is 2.64. The third-order valence-electron chi connectivity index (χ3n) is 12.2. The number of anilines is 6. The summed E-state index contributed by atoms with van der Waals surface area (Å²) in [7, 11) is 0. The highest BCUT2D eigenvalue weighted by molar-refractivity contribution is 6.10. The molecular formula is C55H36N2O. The van der Waals surface area contributed by atoms with Crippen LogP contribution in [-0.4, -0.2) is 0 Å². The third kappa shape index (κ3) is 4.62. The first-order chi connectivity index (χ1) is 28.8. The average molecular weight is 741 g/mol. The lowest BCUT2D eigenvalue weighted by atomic mass is 9.70. The van der Waals surface area contributed by atoms with Gasteiger partial charge in [-0.1, -0.05) is 146 Å². The molecule has 1 heterocycles. The largest absolute Gasteiger partial charge is 0.454 e. The van der Waals surface area contributed by atoms with Gasteiger partial charge in [-0.25, -0.2) is 0 Å². The fraction of sp³-hybridized carbons (Fsp3) is 0.0182. The topological polar surface area (TPSA) is 19.6 Å². The molecule has 1 unspecified atom stereocenters. The van der Waals surface area contributed by atoms with E-state index in [4.69, 9.17) is 4.42 Å². The summed E-state index contributed by atoms with van der Waals surface area (Å²) in [5.41, 5.74) is 18.0. The third-order valence-corrected chi connectivity index (χ3v) is 12.2. The lowest BCUT2D eigenvalue weighted by Gasteiger charge is -2.32. The van der Waals surface area contributed by atoms with Crippen LogP contribution in [0.5, 0.6) is 0 Å². The molecule has 3 nitrogen and oxygen atoms in total. The Morgan fingerprint density at radius 2 is 0.810 bits per heavy atom. The van der Waals surface area contributed by atoms with Crippen molar-refractivity contribution in [3.05, 3.63) is 241 Å². The normalized spacial score (nSPS) is 14.6. The van der Waals surface area contributed by atoms with Crippen molar-refractivity contribution >= 4 is 56.1 Å². The zero-order valence-electron chi connectivity index (χ0n) is 31.6. The average Bonchev–Trinajstić information content (AvgIpc) is 3.92. The standard InChI is InChI=1S/C55H36N2O/c1-4-17-37(18-5-1)56(38-19-6-2-7-20-38)41-31-33-44-42-23-10-13-27-48(42)55(51(44)36-41)49-28-14-11-24-43(49)47-35-40(32-34-50(47)55)57(39-21-8-3-9-22-39)52-29-16-26-46-45-25-12-15-30-53(45)58-54(46)52/h1-36H. The lowest BCUT2D eigenvalue weighted by molar-refractivity contribution is 0.669. The van der Waals surface area contributed by atoms with Crippen LogP contribution in [0.15, 0.2) is 223 Å². The van der Waals surface area contributed by atoms with E-state index in [0.29, 0.717) is 0 Å². The minimum absolute atomic E-state index is 0.512. The number of nitrogens with zero attached hydrogens (tertiary/aromatic N) is 2. The molecule has 0 fully saturated rings. The molecule has 0 radical (unpaired) electrons. The second kappa shape index (κ2) is 12.7. The van der Waals surface area contributed by atoms with E-state index in [1.807, 2.05) is 6.07 Å². The minimum atomic E-state index is -0.512. The monoisotopic (exact) mass is 740 g/mol. The van der Waals surface area contributed by atoms with Crippen molar-refractivity contribution in [1.29, 1.82) is 0 Å². The van der Waals surface area contributed by atoms with Gasteiger partial charge >= 0.3 is 0 Å². The molecule has 1 spiro atoms. The van der Waals surface area contributed by atoms with Gasteiger partial charge in [0.15, 0.2) is 5.58 Å². The molecule has 58 heavy (non-hydrogen) atoms. The Labute approximate surface area is 337 Å². The van der Waals surface area contributed by atoms with Gasteiger partial charge < -0.3 is 14.2 Å². The van der Waals surface area contributed by atoms with Crippen LogP contribution in [0.1, 0.15) is 22.3 Å². The Bertz CT molecular complexity index is 3150. The van der Waals surface area contributed by atoms with Gasteiger partial charge in [0.1, 0.15) is 5.58 Å². The van der Waals surface area contributed by atoms with E-state index < -0.39 is 5.41 Å². The number of furan rings is 1. The second-order valence-electron chi connectivity index (χ2n) is 15.2. The number of fused-ring (bicyclic) bond motifs is 13. The number of benzene rings is 9. The van der Waals surface area contributed by atoms with Gasteiger partial charge in [-0.15, -0.1) is 0 Å². The summed E-state index contributed by atoms with van der Waals surface area (Å²) in [4.78, 5) is 4.73. The molecule has 2 aliphatic carbocycles. The predicted octanol–water partition coefficient (Wildman–Crippen LogP) is 14.9. The van der Waals surface area contributed by atoms with Crippen molar-refractivity contribution in [2.24, 2.45) is 0 Å². The Morgan fingerprint density at radius 3 is 1.50 bits per heavy atom. The van der Waals surface area contributed by atoms with E-state index in [-0.39, 0.29) is 0 Å². The maximum absolute atomic E-state index is 6.66. The highest BCUT2D eigenvalue weighted by atomic mass is 16.3. The summed E-state index contributed by atoms with van der Waals surface area (Å²) in [5.74, 6) is 0. The summed E-state index contributed by atoms with van der Waals surface area (Å²) in [6.07, 6.45) is 0. The van der Waals surface area contributed by atoms with Gasteiger partial charge in [0, 0.05) is 39.2 Å². The molecule has 0 saturated carbocycles. The number of hydrogen-bond acceptors (Lipinski definition) is 3. The van der Waals surface area contributed by atoms with Crippen molar-refractivity contribution in [2.45, 2.75) is 5.41 Å². The van der Waals surface area contributed by atoms with E-state index in [2.05, 4.69) is 222 Å². The van der Waals surface area contributed by atoms with Gasteiger partial charge in [0.05, 0.1) is 11.1 Å². The molecule has 0 amide bonds. The fourth-order valence-corrected chi connectivity index (χ4v) is 9.91. The maximum Gasteiger partial charge on any atom is 0.159 e. The molecule has 0 bridgehead atoms. The van der Waals surface area contributed by atoms with Crippen LogP contribution >= 0.6 is 0 Å². The van der Waals surface area contributed by atoms with Crippen LogP contribution in [0.2, 0.25) is 0 Å². The van der Waals surface area contributed by atoms with Crippen LogP contribution in [-0.2, 0) is 5.41 Å². The molecule has 0 saturated heterocycles. The second-order valence-corrected chi connectivity index (χ2v) is 15.2. The zero-order chi connectivity index (χ0) is 38.2. The quantitative estimate of drug-likeness (QED) is 0.169. The van der Waals surface area contributed by atoms with E-state index in [1.165, 1.54) is 44.5 Å². The number of rotatable bonds is 6. The molecule has 3 heteroatoms. The van der Waals surface area contributed by atoms with Gasteiger partial charge in [-0.3, -0.25) is 0 Å². The lowest BCUT2D eigenvalue weighted by Crippen LogP contribution is -2.26. The molecule has 1 atom stereocenters. The van der Waals surface area contributed by atoms with Gasteiger partial charge in [-0.2, -0.15) is 0 Å². The molecule has 0 N–H and O–H groups in total. The molecular weight excluding hydrogens is 705 g/mol. The maximum atomic E-state index is 6.66. The van der Waals surface area contributed by atoms with Crippen molar-refractivity contribution in [1.82, 2.24) is 0 Å². The Morgan fingerprint density at radius 1 is 0.310 bits per heavy atom. The Kier molecular flexibility index (Phi) is 7.14. The molecule has 12 rings (SSSR count). The molecule has 0 aliphatic heterocycles. The van der Waals surface area contributed by atoms with E-state index in [9.17, 15) is 0 Å². The fourth-order valence-electron chi connectivity index (χ4n) is 9.91. The van der Waals surface area contributed by atoms with Crippen LogP contribution in [0.4, 0.5) is 34.1 Å². The van der Waals surface area contributed by atoms with E-state index in [0.717, 1.165) is 56.1 Å². The first kappa shape index (κ1) is 32.6. The SMILES string of the molecule is c1ccc(N(c2ccccc2)c2ccc3c(c2)C2(c4ccccc4-c4cc(N(c5ccccc5)c5cccc6c5oc5ccccc56)ccc42)c2ccccc2-3)cc1. The summed E-state index contributed by atoms with van der Waals surface area (Å²) in [6, 6.07) is 79.1. The van der Waals surface area contributed by atoms with Gasteiger partial charge in [0.25, 0.3) is 0 Å². The summed E-state index contributed by atoms with van der Waals surface area (Å²) in [6.45, 7) is 0. The van der Waals surface area contributed by atoms with Crippen molar-refractivity contribution < 1.29 is 4.42 Å². The molecule has 272 valence electrons. The first-order valence-electron chi connectivity index (χ1n) is 19.9. The Hall–Kier alpha value is -7.62. The van der Waals surface area contributed by atoms with Crippen LogP contribution in [0.3, 0.4) is 0 Å². The smallest absolute Gasteiger partial charge is 0.159 e. The molecule has 9 aromatic carbocycles. The van der Waals surface area contributed by atoms with Gasteiger partial charge in [-0.05, 0) is 117 Å². The van der Waals surface area contributed by atoms with Crippen LogP contribution < -0.4 is 9.80 Å². The molecule has 2 aliphatic rings. The molecule has 1 aromatic heterocycles. The van der Waals surface area contributed by atoms with Crippen LogP contribution in [0, 0.1) is 0 Å². The van der Waals surface area contributed by atoms with Gasteiger partial charge in [0.2, 0.25) is 0 Å². The number of para-hydroxylation sites is 5. The Balaban J connectivity index is 1.10. The molecule has 10 aromatic rings. The minimum Gasteiger partial charge on any atom is -0.454 e. The van der Waals surface area contributed by atoms with Crippen molar-refractivity contribution in [3.8, 4) is 22.3 Å². The summed E-state index contributed by atoms with van der Waals surface area (Å²) in [5, 5.41) is 2.22. The van der Waals surface area contributed by atoms with Crippen molar-refractivity contribution in [2.75, 3.05) is 9.80 Å². The first-order valence-corrected chi connectivity index (χ1v) is 19.9. The summed E-state index contributed by atoms with van der Waals surface area (Å²) < 4.78 is 6.66.